The summed E-state index contributed by atoms with van der Waals surface area (Å²) in [5.74, 6) is 1.20. The first kappa shape index (κ1) is 22.9. The van der Waals surface area contributed by atoms with Crippen LogP contribution in [0.4, 0.5) is 5.69 Å². The van der Waals surface area contributed by atoms with Gasteiger partial charge in [-0.25, -0.2) is 4.99 Å². The van der Waals surface area contributed by atoms with E-state index >= 15 is 0 Å². The van der Waals surface area contributed by atoms with Gasteiger partial charge in [0.05, 0.1) is 10.6 Å². The standard InChI is InChI=1S/C26H27BrN2O2S/c1-3-15-31-23-14-13-20(27)16-19(23)17-24-25(30)29(22-12-8-7-9-18(22)2)26(32-24)28-21-10-5-4-6-11-21/h3-6,10-11,13-14,16-18,22H,1,7-9,12,15H2,2H3/b24-17-,28-26?/t18-,22-/m1/s1. The predicted octanol–water partition coefficient (Wildman–Crippen LogP) is 7.20. The van der Waals surface area contributed by atoms with Crippen molar-refractivity contribution in [2.24, 2.45) is 10.9 Å². The lowest BCUT2D eigenvalue weighted by Crippen LogP contribution is -2.44. The Morgan fingerprint density at radius 1 is 1.22 bits per heavy atom. The van der Waals surface area contributed by atoms with Crippen molar-refractivity contribution in [1.82, 2.24) is 4.90 Å². The molecule has 1 heterocycles. The van der Waals surface area contributed by atoms with Crippen LogP contribution in [0.25, 0.3) is 6.08 Å². The number of hydrogen-bond donors (Lipinski definition) is 0. The summed E-state index contributed by atoms with van der Waals surface area (Å²) in [5, 5.41) is 0.759. The summed E-state index contributed by atoms with van der Waals surface area (Å²) in [7, 11) is 0. The Hall–Kier alpha value is -2.31. The Morgan fingerprint density at radius 3 is 2.75 bits per heavy atom. The number of benzene rings is 2. The maximum atomic E-state index is 13.7. The summed E-state index contributed by atoms with van der Waals surface area (Å²) < 4.78 is 6.75. The molecule has 0 radical (unpaired) electrons. The molecule has 2 aromatic rings. The number of thioether (sulfide) groups is 1. The van der Waals surface area contributed by atoms with Gasteiger partial charge in [0.25, 0.3) is 5.91 Å². The number of nitrogens with zero attached hydrogens (tertiary/aromatic N) is 2. The summed E-state index contributed by atoms with van der Waals surface area (Å²) in [6.07, 6.45) is 8.16. The maximum absolute atomic E-state index is 13.7. The first-order chi connectivity index (χ1) is 15.6. The Labute approximate surface area is 202 Å². The van der Waals surface area contributed by atoms with Gasteiger partial charge in [-0.05, 0) is 66.9 Å². The molecule has 1 saturated heterocycles. The van der Waals surface area contributed by atoms with Crippen LogP contribution in [0.3, 0.4) is 0 Å². The summed E-state index contributed by atoms with van der Waals surface area (Å²) in [5.41, 5.74) is 1.71. The van der Waals surface area contributed by atoms with Crippen LogP contribution in [0.5, 0.6) is 5.75 Å². The normalized spacial score (nSPS) is 23.7. The minimum atomic E-state index is 0.0260. The quantitative estimate of drug-likeness (QED) is 0.304. The molecule has 6 heteroatoms. The van der Waals surface area contributed by atoms with Crippen LogP contribution in [-0.4, -0.2) is 28.6 Å². The van der Waals surface area contributed by atoms with Crippen LogP contribution in [-0.2, 0) is 4.79 Å². The average molecular weight is 511 g/mol. The van der Waals surface area contributed by atoms with Crippen molar-refractivity contribution in [3.05, 3.63) is 76.1 Å². The largest absolute Gasteiger partial charge is 0.489 e. The van der Waals surface area contributed by atoms with E-state index in [0.717, 1.165) is 45.9 Å². The SMILES string of the molecule is C=CCOc1ccc(Br)cc1/C=C1\SC(=Nc2ccccc2)N([C@@H]2CCCC[C@H]2C)C1=O. The van der Waals surface area contributed by atoms with Gasteiger partial charge in [-0.2, -0.15) is 0 Å². The Kier molecular flexibility index (Phi) is 7.53. The fourth-order valence-electron chi connectivity index (χ4n) is 4.20. The van der Waals surface area contributed by atoms with Crippen molar-refractivity contribution >= 4 is 50.5 Å². The molecule has 4 rings (SSSR count). The highest BCUT2D eigenvalue weighted by Crippen LogP contribution is 2.41. The van der Waals surface area contributed by atoms with Crippen molar-refractivity contribution in [3.8, 4) is 5.75 Å². The maximum Gasteiger partial charge on any atom is 0.267 e. The summed E-state index contributed by atoms with van der Waals surface area (Å²) in [6.45, 7) is 6.38. The molecule has 2 aliphatic rings. The molecule has 4 nitrogen and oxygen atoms in total. The van der Waals surface area contributed by atoms with E-state index < -0.39 is 0 Å². The lowest BCUT2D eigenvalue weighted by molar-refractivity contribution is -0.124. The van der Waals surface area contributed by atoms with Gasteiger partial charge in [0.2, 0.25) is 0 Å². The van der Waals surface area contributed by atoms with Crippen LogP contribution in [0.2, 0.25) is 0 Å². The van der Waals surface area contributed by atoms with Gasteiger partial charge in [0.15, 0.2) is 5.17 Å². The minimum absolute atomic E-state index is 0.0260. The number of para-hydroxylation sites is 1. The van der Waals surface area contributed by atoms with E-state index in [9.17, 15) is 4.79 Å². The predicted molar refractivity (Wildman–Crippen MR) is 137 cm³/mol. The number of carbonyl (C=O) groups is 1. The number of amidine groups is 1. The zero-order chi connectivity index (χ0) is 22.5. The smallest absolute Gasteiger partial charge is 0.267 e. The third-order valence-electron chi connectivity index (χ3n) is 5.83. The van der Waals surface area contributed by atoms with Crippen molar-refractivity contribution in [2.45, 2.75) is 38.6 Å². The minimum Gasteiger partial charge on any atom is -0.489 e. The van der Waals surface area contributed by atoms with E-state index in [1.54, 1.807) is 6.08 Å². The van der Waals surface area contributed by atoms with Gasteiger partial charge in [-0.15, -0.1) is 0 Å². The third-order valence-corrected chi connectivity index (χ3v) is 7.31. The third kappa shape index (κ3) is 5.18. The highest BCUT2D eigenvalue weighted by atomic mass is 79.9. The van der Waals surface area contributed by atoms with E-state index in [-0.39, 0.29) is 11.9 Å². The number of hydrogen-bond acceptors (Lipinski definition) is 4. The molecule has 0 spiro atoms. The number of ether oxygens (including phenoxy) is 1. The van der Waals surface area contributed by atoms with Gasteiger partial charge >= 0.3 is 0 Å². The molecule has 1 amide bonds. The van der Waals surface area contributed by atoms with Gasteiger partial charge in [0, 0.05) is 16.1 Å². The van der Waals surface area contributed by atoms with Crippen LogP contribution in [0, 0.1) is 5.92 Å². The lowest BCUT2D eigenvalue weighted by Gasteiger charge is -2.35. The average Bonchev–Trinajstić information content (AvgIpc) is 3.09. The van der Waals surface area contributed by atoms with Gasteiger partial charge < -0.3 is 4.74 Å². The Balaban J connectivity index is 1.73. The molecule has 2 atom stereocenters. The summed E-state index contributed by atoms with van der Waals surface area (Å²) >= 11 is 4.98. The Bertz CT molecular complexity index is 1050. The van der Waals surface area contributed by atoms with Gasteiger partial charge in [0.1, 0.15) is 12.4 Å². The van der Waals surface area contributed by atoms with E-state index in [1.807, 2.05) is 59.5 Å². The molecule has 0 aromatic heterocycles. The van der Waals surface area contributed by atoms with E-state index in [2.05, 4.69) is 29.4 Å². The molecule has 1 saturated carbocycles. The van der Waals surface area contributed by atoms with E-state index in [1.165, 1.54) is 18.2 Å². The lowest BCUT2D eigenvalue weighted by atomic mass is 9.85. The molecule has 1 aliphatic heterocycles. The Morgan fingerprint density at radius 2 is 2.00 bits per heavy atom. The second kappa shape index (κ2) is 10.5. The van der Waals surface area contributed by atoms with Crippen LogP contribution < -0.4 is 4.74 Å². The molecule has 2 fully saturated rings. The van der Waals surface area contributed by atoms with Gasteiger partial charge in [-0.1, -0.05) is 66.5 Å². The molecule has 2 aromatic carbocycles. The molecular formula is C26H27BrN2O2S. The van der Waals surface area contributed by atoms with Crippen LogP contribution in [0.1, 0.15) is 38.2 Å². The topological polar surface area (TPSA) is 41.9 Å². The van der Waals surface area contributed by atoms with E-state index in [4.69, 9.17) is 9.73 Å². The molecule has 0 bridgehead atoms. The molecular weight excluding hydrogens is 484 g/mol. The molecule has 0 unspecified atom stereocenters. The van der Waals surface area contributed by atoms with Crippen molar-refractivity contribution in [3.63, 3.8) is 0 Å². The van der Waals surface area contributed by atoms with Crippen molar-refractivity contribution in [2.75, 3.05) is 6.61 Å². The second-order valence-electron chi connectivity index (χ2n) is 8.13. The monoisotopic (exact) mass is 510 g/mol. The molecule has 1 aliphatic carbocycles. The fraction of sp³-hybridized carbons (Fsp3) is 0.308. The second-order valence-corrected chi connectivity index (χ2v) is 10.1. The zero-order valence-electron chi connectivity index (χ0n) is 18.2. The van der Waals surface area contributed by atoms with Crippen LogP contribution >= 0.6 is 27.7 Å². The molecule has 0 N–H and O–H groups in total. The molecule has 32 heavy (non-hydrogen) atoms. The number of amides is 1. The first-order valence-electron chi connectivity index (χ1n) is 11.0. The summed E-state index contributed by atoms with van der Waals surface area (Å²) in [4.78, 5) is 21.1. The van der Waals surface area contributed by atoms with Gasteiger partial charge in [-0.3, -0.25) is 9.69 Å². The van der Waals surface area contributed by atoms with E-state index in [0.29, 0.717) is 17.4 Å². The highest BCUT2D eigenvalue weighted by molar-refractivity contribution is 9.10. The van der Waals surface area contributed by atoms with Crippen molar-refractivity contribution in [1.29, 1.82) is 0 Å². The number of halogens is 1. The zero-order valence-corrected chi connectivity index (χ0v) is 20.6. The highest BCUT2D eigenvalue weighted by Gasteiger charge is 2.41. The fourth-order valence-corrected chi connectivity index (χ4v) is 5.62. The number of carbonyl (C=O) groups excluding carboxylic acids is 1. The molecule has 166 valence electrons. The summed E-state index contributed by atoms with van der Waals surface area (Å²) in [6, 6.07) is 15.8. The van der Waals surface area contributed by atoms with Crippen LogP contribution in [0.15, 0.2) is 75.6 Å². The van der Waals surface area contributed by atoms with Crippen molar-refractivity contribution < 1.29 is 9.53 Å². The first-order valence-corrected chi connectivity index (χ1v) is 12.6. The number of rotatable bonds is 6. The number of aliphatic imine (C=N–C) groups is 1.